The van der Waals surface area contributed by atoms with Crippen molar-refractivity contribution in [1.82, 2.24) is 10.4 Å². The van der Waals surface area contributed by atoms with Crippen LogP contribution in [0.3, 0.4) is 0 Å². The molecule has 0 saturated carbocycles. The Labute approximate surface area is 122 Å². The van der Waals surface area contributed by atoms with E-state index in [0.29, 0.717) is 5.75 Å². The summed E-state index contributed by atoms with van der Waals surface area (Å²) in [5.41, 5.74) is 4.62. The van der Waals surface area contributed by atoms with Crippen LogP contribution in [0, 0.1) is 0 Å². The first-order chi connectivity index (χ1) is 9.84. The number of carbonyl (C=O) groups excluding carboxylic acids is 1. The Morgan fingerprint density at radius 2 is 1.95 bits per heavy atom. The van der Waals surface area contributed by atoms with E-state index in [-0.39, 0.29) is 5.91 Å². The molecule has 0 fully saturated rings. The Hall–Kier alpha value is -2.14. The van der Waals surface area contributed by atoms with Crippen molar-refractivity contribution >= 4 is 23.9 Å². The lowest BCUT2D eigenvalue weighted by atomic mass is 10.2. The predicted molar refractivity (Wildman–Crippen MR) is 82.6 cm³/mol. The summed E-state index contributed by atoms with van der Waals surface area (Å²) in [7, 11) is 0. The highest BCUT2D eigenvalue weighted by Gasteiger charge is 2.00. The summed E-state index contributed by atoms with van der Waals surface area (Å²) in [6.45, 7) is 0. The maximum absolute atomic E-state index is 11.6. The van der Waals surface area contributed by atoms with Crippen molar-refractivity contribution in [3.63, 3.8) is 0 Å². The Morgan fingerprint density at radius 3 is 2.70 bits per heavy atom. The first-order valence-electron chi connectivity index (χ1n) is 6.18. The molecule has 102 valence electrons. The molecule has 0 bridgehead atoms. The fourth-order valence-corrected chi connectivity index (χ4v) is 2.28. The molecule has 2 rings (SSSR count). The van der Waals surface area contributed by atoms with E-state index in [2.05, 4.69) is 15.5 Å². The highest BCUT2D eigenvalue weighted by molar-refractivity contribution is 7.99. The summed E-state index contributed by atoms with van der Waals surface area (Å²) in [6.07, 6.45) is 4.96. The average molecular weight is 285 g/mol. The molecule has 0 saturated heterocycles. The van der Waals surface area contributed by atoms with Gasteiger partial charge in [-0.3, -0.25) is 9.78 Å². The van der Waals surface area contributed by atoms with Gasteiger partial charge in [-0.1, -0.05) is 30.3 Å². The monoisotopic (exact) mass is 285 g/mol. The zero-order valence-corrected chi connectivity index (χ0v) is 11.7. The molecule has 0 aliphatic carbocycles. The largest absolute Gasteiger partial charge is 0.272 e. The summed E-state index contributed by atoms with van der Waals surface area (Å²) in [5, 5.41) is 3.90. The molecule has 1 N–H and O–H groups in total. The van der Waals surface area contributed by atoms with Crippen LogP contribution in [0.15, 0.2) is 60.0 Å². The molecule has 0 unspecified atom stereocenters. The van der Waals surface area contributed by atoms with Gasteiger partial charge in [0.25, 0.3) is 0 Å². The number of hydrogen-bond acceptors (Lipinski definition) is 4. The molecular weight excluding hydrogens is 270 g/mol. The Kier molecular flexibility index (Phi) is 5.79. The molecule has 0 radical (unpaired) electrons. The number of benzene rings is 1. The van der Waals surface area contributed by atoms with Crippen LogP contribution in [-0.2, 0) is 10.5 Å². The van der Waals surface area contributed by atoms with Crippen LogP contribution >= 0.6 is 11.8 Å². The summed E-state index contributed by atoms with van der Waals surface area (Å²) in [6, 6.07) is 13.7. The summed E-state index contributed by atoms with van der Waals surface area (Å²) in [5.74, 6) is 1.11. The fourth-order valence-electron chi connectivity index (χ4n) is 1.50. The number of hydrazone groups is 1. The molecule has 20 heavy (non-hydrogen) atoms. The first-order valence-corrected chi connectivity index (χ1v) is 7.33. The van der Waals surface area contributed by atoms with Gasteiger partial charge < -0.3 is 0 Å². The number of amides is 1. The number of aromatic nitrogens is 1. The van der Waals surface area contributed by atoms with E-state index in [0.717, 1.165) is 11.3 Å². The van der Waals surface area contributed by atoms with Crippen LogP contribution in [0.25, 0.3) is 0 Å². The molecule has 0 aliphatic rings. The van der Waals surface area contributed by atoms with Crippen molar-refractivity contribution in [3.05, 3.63) is 66.0 Å². The van der Waals surface area contributed by atoms with Gasteiger partial charge in [-0.2, -0.15) is 5.10 Å². The van der Waals surface area contributed by atoms with Crippen molar-refractivity contribution < 1.29 is 4.79 Å². The molecule has 1 aromatic carbocycles. The highest BCUT2D eigenvalue weighted by atomic mass is 32.2. The lowest BCUT2D eigenvalue weighted by molar-refractivity contribution is -0.118. The van der Waals surface area contributed by atoms with Crippen molar-refractivity contribution in [1.29, 1.82) is 0 Å². The zero-order valence-electron chi connectivity index (χ0n) is 10.9. The molecule has 1 heterocycles. The number of thioether (sulfide) groups is 1. The third-order valence-electron chi connectivity index (χ3n) is 2.45. The molecule has 1 aromatic heterocycles. The van der Waals surface area contributed by atoms with Crippen LogP contribution in [-0.4, -0.2) is 22.9 Å². The molecule has 2 aromatic rings. The van der Waals surface area contributed by atoms with Gasteiger partial charge in [0.15, 0.2) is 0 Å². The van der Waals surface area contributed by atoms with E-state index in [4.69, 9.17) is 0 Å². The van der Waals surface area contributed by atoms with E-state index in [9.17, 15) is 4.79 Å². The van der Waals surface area contributed by atoms with Gasteiger partial charge in [0.2, 0.25) is 5.91 Å². The number of pyridine rings is 1. The van der Waals surface area contributed by atoms with E-state index < -0.39 is 0 Å². The van der Waals surface area contributed by atoms with E-state index >= 15 is 0 Å². The normalized spacial score (nSPS) is 10.6. The van der Waals surface area contributed by atoms with Gasteiger partial charge in [-0.15, -0.1) is 11.8 Å². The standard InChI is InChI=1S/C15H15N3OS/c19-15(12-20-11-14-4-2-1-3-5-14)18-17-10-13-6-8-16-9-7-13/h1-10H,11-12H2,(H,18,19)/b17-10+. The average Bonchev–Trinajstić information content (AvgIpc) is 2.49. The van der Waals surface area contributed by atoms with Crippen LogP contribution in [0.2, 0.25) is 0 Å². The number of rotatable bonds is 6. The molecule has 5 heteroatoms. The van der Waals surface area contributed by atoms with Crippen LogP contribution < -0.4 is 5.43 Å². The first kappa shape index (κ1) is 14.3. The molecular formula is C15H15N3OS. The smallest absolute Gasteiger partial charge is 0.250 e. The zero-order chi connectivity index (χ0) is 14.0. The lowest BCUT2D eigenvalue weighted by Gasteiger charge is -2.01. The van der Waals surface area contributed by atoms with Gasteiger partial charge >= 0.3 is 0 Å². The van der Waals surface area contributed by atoms with Crippen LogP contribution in [0.4, 0.5) is 0 Å². The molecule has 0 atom stereocenters. The van der Waals surface area contributed by atoms with Crippen molar-refractivity contribution in [3.8, 4) is 0 Å². The van der Waals surface area contributed by atoms with Gasteiger partial charge in [0.1, 0.15) is 0 Å². The third kappa shape index (κ3) is 5.24. The minimum absolute atomic E-state index is 0.101. The van der Waals surface area contributed by atoms with Crippen molar-refractivity contribution in [2.75, 3.05) is 5.75 Å². The van der Waals surface area contributed by atoms with E-state index in [1.54, 1.807) is 30.4 Å². The quantitative estimate of drug-likeness (QED) is 0.655. The topological polar surface area (TPSA) is 54.4 Å². The maximum Gasteiger partial charge on any atom is 0.250 e. The number of nitrogens with one attached hydrogen (secondary N) is 1. The maximum atomic E-state index is 11.6. The summed E-state index contributed by atoms with van der Waals surface area (Å²) >= 11 is 1.56. The lowest BCUT2D eigenvalue weighted by Crippen LogP contribution is -2.19. The molecule has 4 nitrogen and oxygen atoms in total. The molecule has 1 amide bonds. The third-order valence-corrected chi connectivity index (χ3v) is 3.46. The van der Waals surface area contributed by atoms with E-state index in [1.807, 2.05) is 42.5 Å². The Morgan fingerprint density at radius 1 is 1.20 bits per heavy atom. The Balaban J connectivity index is 1.67. The minimum atomic E-state index is -0.101. The molecule has 0 spiro atoms. The second-order valence-corrected chi connectivity index (χ2v) is 5.04. The second-order valence-electron chi connectivity index (χ2n) is 4.05. The number of nitrogens with zero attached hydrogens (tertiary/aromatic N) is 2. The summed E-state index contributed by atoms with van der Waals surface area (Å²) in [4.78, 5) is 15.5. The SMILES string of the molecule is O=C(CSCc1ccccc1)N/N=C/c1ccncc1. The van der Waals surface area contributed by atoms with Crippen molar-refractivity contribution in [2.24, 2.45) is 5.10 Å². The van der Waals surface area contributed by atoms with E-state index in [1.165, 1.54) is 5.56 Å². The van der Waals surface area contributed by atoms with Crippen LogP contribution in [0.1, 0.15) is 11.1 Å². The summed E-state index contributed by atoms with van der Waals surface area (Å²) < 4.78 is 0. The van der Waals surface area contributed by atoms with Gasteiger partial charge in [0, 0.05) is 18.1 Å². The van der Waals surface area contributed by atoms with Gasteiger partial charge in [0.05, 0.1) is 12.0 Å². The Bertz CT molecular complexity index is 558. The number of hydrogen-bond donors (Lipinski definition) is 1. The molecule has 0 aliphatic heterocycles. The van der Waals surface area contributed by atoms with Crippen LogP contribution in [0.5, 0.6) is 0 Å². The van der Waals surface area contributed by atoms with Crippen molar-refractivity contribution in [2.45, 2.75) is 5.75 Å². The predicted octanol–water partition coefficient (Wildman–Crippen LogP) is 2.47. The fraction of sp³-hybridized carbons (Fsp3) is 0.133. The highest BCUT2D eigenvalue weighted by Crippen LogP contribution is 2.10. The van der Waals surface area contributed by atoms with Gasteiger partial charge in [-0.25, -0.2) is 5.43 Å². The van der Waals surface area contributed by atoms with Gasteiger partial charge in [-0.05, 0) is 23.3 Å². The second kappa shape index (κ2) is 8.12. The minimum Gasteiger partial charge on any atom is -0.272 e. The number of carbonyl (C=O) groups is 1.